The van der Waals surface area contributed by atoms with Crippen LogP contribution in [0.25, 0.3) is 11.1 Å². The number of halogens is 1. The van der Waals surface area contributed by atoms with Crippen molar-refractivity contribution in [1.29, 1.82) is 0 Å². The lowest BCUT2D eigenvalue weighted by Crippen LogP contribution is -2.43. The standard InChI is InChI=1S/C25H22INO4/c26-16-11-9-15(10-12-16)13-22(27)23(24(28)29)25(30)31-14-21-19-7-3-1-5-17(19)18-6-2-4-8-20(18)21/h1-12,21-23H,13-14,27H2,(H,28,29)/t22?,23-/m0/s1. The molecule has 2 atom stereocenters. The average Bonchev–Trinajstić information content (AvgIpc) is 3.07. The number of fused-ring (bicyclic) bond motifs is 3. The molecule has 0 fully saturated rings. The van der Waals surface area contributed by atoms with Crippen LogP contribution in [-0.4, -0.2) is 29.7 Å². The quantitative estimate of drug-likeness (QED) is 0.273. The molecule has 0 aliphatic heterocycles. The lowest BCUT2D eigenvalue weighted by atomic mass is 9.94. The van der Waals surface area contributed by atoms with Gasteiger partial charge in [0.05, 0.1) is 0 Å². The van der Waals surface area contributed by atoms with Crippen LogP contribution in [0, 0.1) is 9.49 Å². The van der Waals surface area contributed by atoms with Gasteiger partial charge in [-0.25, -0.2) is 0 Å². The van der Waals surface area contributed by atoms with Crippen molar-refractivity contribution in [3.63, 3.8) is 0 Å². The van der Waals surface area contributed by atoms with Crippen molar-refractivity contribution in [3.8, 4) is 11.1 Å². The molecule has 5 nitrogen and oxygen atoms in total. The molecular weight excluding hydrogens is 505 g/mol. The summed E-state index contributed by atoms with van der Waals surface area (Å²) in [5, 5.41) is 9.66. The molecule has 0 saturated carbocycles. The van der Waals surface area contributed by atoms with Crippen LogP contribution in [0.1, 0.15) is 22.6 Å². The van der Waals surface area contributed by atoms with Crippen LogP contribution in [0.2, 0.25) is 0 Å². The van der Waals surface area contributed by atoms with E-state index < -0.39 is 23.9 Å². The number of carboxylic acids is 1. The minimum Gasteiger partial charge on any atom is -0.481 e. The molecule has 0 bridgehead atoms. The van der Waals surface area contributed by atoms with Gasteiger partial charge in [-0.05, 0) is 69.0 Å². The third-order valence-electron chi connectivity index (χ3n) is 5.69. The van der Waals surface area contributed by atoms with E-state index in [9.17, 15) is 14.7 Å². The summed E-state index contributed by atoms with van der Waals surface area (Å²) in [5.74, 6) is -3.62. The van der Waals surface area contributed by atoms with E-state index >= 15 is 0 Å². The Hall–Kier alpha value is -2.71. The van der Waals surface area contributed by atoms with Gasteiger partial charge in [-0.1, -0.05) is 60.7 Å². The van der Waals surface area contributed by atoms with Gasteiger partial charge in [0.1, 0.15) is 6.61 Å². The second kappa shape index (κ2) is 9.20. The van der Waals surface area contributed by atoms with E-state index in [1.54, 1.807) is 0 Å². The molecule has 1 aliphatic rings. The highest BCUT2D eigenvalue weighted by Gasteiger charge is 2.36. The number of aliphatic carboxylic acids is 1. The van der Waals surface area contributed by atoms with Crippen molar-refractivity contribution >= 4 is 34.5 Å². The van der Waals surface area contributed by atoms with Gasteiger partial charge in [0, 0.05) is 15.5 Å². The first-order chi connectivity index (χ1) is 15.0. The van der Waals surface area contributed by atoms with Gasteiger partial charge in [-0.2, -0.15) is 0 Å². The Bertz CT molecular complexity index is 1070. The molecule has 3 N–H and O–H groups in total. The Morgan fingerprint density at radius 1 is 0.935 bits per heavy atom. The predicted octanol–water partition coefficient (Wildman–Crippen LogP) is 4.22. The summed E-state index contributed by atoms with van der Waals surface area (Å²) in [5.41, 5.74) is 11.4. The number of carbonyl (C=O) groups excluding carboxylic acids is 1. The highest BCUT2D eigenvalue weighted by atomic mass is 127. The van der Waals surface area contributed by atoms with Crippen molar-refractivity contribution < 1.29 is 19.4 Å². The van der Waals surface area contributed by atoms with Crippen LogP contribution < -0.4 is 5.73 Å². The number of benzene rings is 3. The second-order valence-electron chi connectivity index (χ2n) is 7.67. The molecular formula is C25H22INO4. The summed E-state index contributed by atoms with van der Waals surface area (Å²) in [6, 6.07) is 22.7. The van der Waals surface area contributed by atoms with Gasteiger partial charge < -0.3 is 15.6 Å². The highest BCUT2D eigenvalue weighted by Crippen LogP contribution is 2.44. The number of carboxylic acid groups (broad SMARTS) is 1. The largest absolute Gasteiger partial charge is 0.481 e. The zero-order chi connectivity index (χ0) is 22.0. The van der Waals surface area contributed by atoms with E-state index in [4.69, 9.17) is 10.5 Å². The van der Waals surface area contributed by atoms with Crippen molar-refractivity contribution in [2.24, 2.45) is 11.7 Å². The van der Waals surface area contributed by atoms with Crippen LogP contribution in [-0.2, 0) is 20.7 Å². The van der Waals surface area contributed by atoms with Crippen molar-refractivity contribution in [2.75, 3.05) is 6.61 Å². The average molecular weight is 527 g/mol. The van der Waals surface area contributed by atoms with Gasteiger partial charge in [0.25, 0.3) is 0 Å². The first-order valence-corrected chi connectivity index (χ1v) is 11.1. The fourth-order valence-corrected chi connectivity index (χ4v) is 4.52. The van der Waals surface area contributed by atoms with Crippen LogP contribution in [0.3, 0.4) is 0 Å². The van der Waals surface area contributed by atoms with Crippen LogP contribution >= 0.6 is 22.6 Å². The zero-order valence-corrected chi connectivity index (χ0v) is 18.9. The zero-order valence-electron chi connectivity index (χ0n) is 16.7. The van der Waals surface area contributed by atoms with Crippen molar-refractivity contribution in [1.82, 2.24) is 0 Å². The van der Waals surface area contributed by atoms with E-state index in [-0.39, 0.29) is 18.9 Å². The van der Waals surface area contributed by atoms with Crippen LogP contribution in [0.15, 0.2) is 72.8 Å². The molecule has 1 aliphatic carbocycles. The Kier molecular flexibility index (Phi) is 6.38. The number of ether oxygens (including phenoxy) is 1. The maximum absolute atomic E-state index is 12.8. The Morgan fingerprint density at radius 2 is 1.48 bits per heavy atom. The first kappa shape index (κ1) is 21.5. The summed E-state index contributed by atoms with van der Waals surface area (Å²) < 4.78 is 6.61. The third kappa shape index (κ3) is 4.50. The molecule has 0 heterocycles. The molecule has 3 aromatic carbocycles. The maximum atomic E-state index is 12.8. The monoisotopic (exact) mass is 527 g/mol. The maximum Gasteiger partial charge on any atom is 0.321 e. The normalized spacial score (nSPS) is 14.4. The minimum absolute atomic E-state index is 0.0763. The van der Waals surface area contributed by atoms with E-state index in [1.807, 2.05) is 72.8 Å². The number of hydrogen-bond acceptors (Lipinski definition) is 4. The molecule has 0 aromatic heterocycles. The van der Waals surface area contributed by atoms with Gasteiger partial charge in [-0.3, -0.25) is 9.59 Å². The molecule has 3 aromatic rings. The molecule has 0 saturated heterocycles. The molecule has 158 valence electrons. The molecule has 1 unspecified atom stereocenters. The van der Waals surface area contributed by atoms with E-state index in [0.717, 1.165) is 31.4 Å². The molecule has 0 radical (unpaired) electrons. The van der Waals surface area contributed by atoms with Crippen molar-refractivity contribution in [2.45, 2.75) is 18.4 Å². The fourth-order valence-electron chi connectivity index (χ4n) is 4.16. The molecule has 6 heteroatoms. The Labute approximate surface area is 194 Å². The number of esters is 1. The Morgan fingerprint density at radius 3 is 2.03 bits per heavy atom. The number of hydrogen-bond donors (Lipinski definition) is 2. The van der Waals surface area contributed by atoms with Gasteiger partial charge >= 0.3 is 11.9 Å². The Balaban J connectivity index is 1.49. The van der Waals surface area contributed by atoms with Crippen molar-refractivity contribution in [3.05, 3.63) is 93.1 Å². The number of carbonyl (C=O) groups is 2. The van der Waals surface area contributed by atoms with E-state index in [0.29, 0.717) is 0 Å². The third-order valence-corrected chi connectivity index (χ3v) is 6.41. The first-order valence-electron chi connectivity index (χ1n) is 10.0. The summed E-state index contributed by atoms with van der Waals surface area (Å²) in [4.78, 5) is 24.6. The SMILES string of the molecule is NC(Cc1ccc(I)cc1)[C@@H](C(=O)O)C(=O)OCC1c2ccccc2-c2ccccc21. The van der Waals surface area contributed by atoms with Crippen LogP contribution in [0.4, 0.5) is 0 Å². The molecule has 0 spiro atoms. The van der Waals surface area contributed by atoms with Crippen LogP contribution in [0.5, 0.6) is 0 Å². The van der Waals surface area contributed by atoms with E-state index in [1.165, 1.54) is 0 Å². The summed E-state index contributed by atoms with van der Waals surface area (Å²) in [6.45, 7) is 0.0763. The lowest BCUT2D eigenvalue weighted by Gasteiger charge is -2.21. The summed E-state index contributed by atoms with van der Waals surface area (Å²) in [7, 11) is 0. The topological polar surface area (TPSA) is 89.6 Å². The number of rotatable bonds is 7. The minimum atomic E-state index is -1.42. The molecule has 0 amide bonds. The van der Waals surface area contributed by atoms with Gasteiger partial charge in [0.15, 0.2) is 5.92 Å². The van der Waals surface area contributed by atoms with Gasteiger partial charge in [-0.15, -0.1) is 0 Å². The smallest absolute Gasteiger partial charge is 0.321 e. The van der Waals surface area contributed by atoms with Gasteiger partial charge in [0.2, 0.25) is 0 Å². The number of nitrogens with two attached hydrogens (primary N) is 1. The second-order valence-corrected chi connectivity index (χ2v) is 8.91. The molecule has 31 heavy (non-hydrogen) atoms. The molecule has 4 rings (SSSR count). The summed E-state index contributed by atoms with van der Waals surface area (Å²) >= 11 is 2.20. The lowest BCUT2D eigenvalue weighted by molar-refractivity contribution is -0.159. The summed E-state index contributed by atoms with van der Waals surface area (Å²) in [6.07, 6.45) is 0.276. The van der Waals surface area contributed by atoms with E-state index in [2.05, 4.69) is 22.6 Å². The highest BCUT2D eigenvalue weighted by molar-refractivity contribution is 14.1. The predicted molar refractivity (Wildman–Crippen MR) is 127 cm³/mol. The fraction of sp³-hybridized carbons (Fsp3) is 0.200.